The minimum Gasteiger partial charge on any atom is -0.465 e. The van der Waals surface area contributed by atoms with E-state index in [1.54, 1.807) is 21.3 Å². The molecule has 0 fully saturated rings. The van der Waals surface area contributed by atoms with E-state index in [4.69, 9.17) is 18.0 Å². The molecule has 5 nitrogen and oxygen atoms in total. The van der Waals surface area contributed by atoms with Gasteiger partial charge in [0.15, 0.2) is 0 Å². The zero-order valence-corrected chi connectivity index (χ0v) is 11.4. The highest BCUT2D eigenvalue weighted by Gasteiger charge is 2.36. The molecule has 0 aromatic rings. The van der Waals surface area contributed by atoms with Crippen molar-refractivity contribution in [3.8, 4) is 0 Å². The lowest BCUT2D eigenvalue weighted by molar-refractivity contribution is -0.139. The Morgan fingerprint density at radius 2 is 1.75 bits per heavy atom. The van der Waals surface area contributed by atoms with Crippen molar-refractivity contribution in [2.45, 2.75) is 25.8 Å². The minimum absolute atomic E-state index is 0.276. The maximum atomic E-state index is 11.0. The molecule has 0 aliphatic heterocycles. The first-order chi connectivity index (χ1) is 7.64. The maximum Gasteiger partial charge on any atom is 0.500 e. The molecule has 0 amide bonds. The fraction of sp³-hybridized carbons (Fsp3) is 0.800. The van der Waals surface area contributed by atoms with Crippen molar-refractivity contribution in [3.63, 3.8) is 0 Å². The van der Waals surface area contributed by atoms with Gasteiger partial charge in [0.05, 0.1) is 13.0 Å². The summed E-state index contributed by atoms with van der Waals surface area (Å²) in [6.07, 6.45) is 2.87. The second-order valence-corrected chi connectivity index (χ2v) is 6.27. The summed E-state index contributed by atoms with van der Waals surface area (Å²) in [5.74, 6) is -0.276. The van der Waals surface area contributed by atoms with Crippen LogP contribution in [0.5, 0.6) is 0 Å². The zero-order valence-electron chi connectivity index (χ0n) is 10.4. The van der Waals surface area contributed by atoms with Gasteiger partial charge >= 0.3 is 14.8 Å². The fourth-order valence-electron chi connectivity index (χ4n) is 1.24. The molecule has 0 saturated heterocycles. The lowest BCUT2D eigenvalue weighted by Crippen LogP contribution is -2.42. The summed E-state index contributed by atoms with van der Waals surface area (Å²) < 4.78 is 20.7. The highest BCUT2D eigenvalue weighted by Crippen LogP contribution is 2.14. The predicted molar refractivity (Wildman–Crippen MR) is 61.8 cm³/mol. The Labute approximate surface area is 98.4 Å². The molecule has 0 aromatic carbocycles. The molecule has 1 radical (unpaired) electrons. The molecule has 0 saturated carbocycles. The first-order valence-electron chi connectivity index (χ1n) is 5.29. The van der Waals surface area contributed by atoms with E-state index in [9.17, 15) is 4.79 Å². The summed E-state index contributed by atoms with van der Waals surface area (Å²) in [6.45, 7) is 2.25. The number of esters is 1. The average molecular weight is 249 g/mol. The third kappa shape index (κ3) is 5.60. The Morgan fingerprint density at radius 3 is 2.19 bits per heavy atom. The summed E-state index contributed by atoms with van der Waals surface area (Å²) in [5.41, 5.74) is 0. The Bertz CT molecular complexity index is 185. The number of hydrogen-bond acceptors (Lipinski definition) is 5. The van der Waals surface area contributed by atoms with Crippen LogP contribution in [0.2, 0.25) is 6.04 Å². The second kappa shape index (κ2) is 8.69. The van der Waals surface area contributed by atoms with E-state index in [1.807, 2.05) is 6.92 Å². The van der Waals surface area contributed by atoms with Crippen molar-refractivity contribution >= 4 is 14.8 Å². The van der Waals surface area contributed by atoms with Crippen LogP contribution < -0.4 is 0 Å². The third-order valence-corrected chi connectivity index (χ3v) is 5.01. The van der Waals surface area contributed by atoms with E-state index in [0.29, 0.717) is 25.5 Å². The lowest BCUT2D eigenvalue weighted by Gasteiger charge is -2.24. The summed E-state index contributed by atoms with van der Waals surface area (Å²) in [7, 11) is 2.19. The monoisotopic (exact) mass is 249 g/mol. The summed E-state index contributed by atoms with van der Waals surface area (Å²) in [6, 6.07) is 0.635. The molecule has 0 aliphatic rings. The van der Waals surface area contributed by atoms with Gasteiger partial charge in [0.2, 0.25) is 0 Å². The second-order valence-electron chi connectivity index (χ2n) is 3.18. The van der Waals surface area contributed by atoms with Gasteiger partial charge in [-0.05, 0) is 12.8 Å². The van der Waals surface area contributed by atoms with Crippen molar-refractivity contribution in [2.75, 3.05) is 27.9 Å². The van der Waals surface area contributed by atoms with Crippen LogP contribution >= 0.6 is 0 Å². The first kappa shape index (κ1) is 15.6. The number of rotatable bonds is 9. The van der Waals surface area contributed by atoms with Gasteiger partial charge in [0, 0.05) is 27.4 Å². The largest absolute Gasteiger partial charge is 0.500 e. The lowest BCUT2D eigenvalue weighted by atomic mass is 10.3. The van der Waals surface area contributed by atoms with Crippen LogP contribution in [0.1, 0.15) is 19.8 Å². The van der Waals surface area contributed by atoms with Gasteiger partial charge in [-0.1, -0.05) is 6.92 Å². The van der Waals surface area contributed by atoms with Crippen molar-refractivity contribution in [3.05, 3.63) is 6.42 Å². The van der Waals surface area contributed by atoms with Crippen LogP contribution in [-0.4, -0.2) is 42.7 Å². The van der Waals surface area contributed by atoms with Crippen molar-refractivity contribution < 1.29 is 22.8 Å². The van der Waals surface area contributed by atoms with Gasteiger partial charge in [-0.3, -0.25) is 4.79 Å². The van der Waals surface area contributed by atoms with Gasteiger partial charge in [-0.2, -0.15) is 0 Å². The third-order valence-electron chi connectivity index (χ3n) is 2.18. The van der Waals surface area contributed by atoms with Gasteiger partial charge in [0.25, 0.3) is 0 Å². The molecular weight excluding hydrogens is 228 g/mol. The SMILES string of the molecule is CC[CH]C(=O)OCCC[Si](OC)(OC)OC. The van der Waals surface area contributed by atoms with Crippen molar-refractivity contribution in [2.24, 2.45) is 0 Å². The smallest absolute Gasteiger partial charge is 0.465 e. The Hall–Kier alpha value is -0.433. The fourth-order valence-corrected chi connectivity index (χ4v) is 2.93. The van der Waals surface area contributed by atoms with Crippen LogP contribution in [0.4, 0.5) is 0 Å². The van der Waals surface area contributed by atoms with Crippen molar-refractivity contribution in [1.29, 1.82) is 0 Å². The summed E-state index contributed by atoms with van der Waals surface area (Å²) in [5, 5.41) is 0. The molecule has 95 valence electrons. The van der Waals surface area contributed by atoms with Gasteiger partial charge < -0.3 is 18.0 Å². The zero-order chi connectivity index (χ0) is 12.4. The van der Waals surface area contributed by atoms with Gasteiger partial charge in [-0.15, -0.1) is 0 Å². The molecule has 0 unspecified atom stereocenters. The number of carbonyl (C=O) groups excluding carboxylic acids is 1. The van der Waals surface area contributed by atoms with Gasteiger partial charge in [0.1, 0.15) is 0 Å². The van der Waals surface area contributed by atoms with E-state index < -0.39 is 8.80 Å². The molecule has 6 heteroatoms. The number of carbonyl (C=O) groups is 1. The predicted octanol–water partition coefficient (Wildman–Crippen LogP) is 1.41. The number of ether oxygens (including phenoxy) is 1. The van der Waals surface area contributed by atoms with Crippen LogP contribution in [0.15, 0.2) is 0 Å². The van der Waals surface area contributed by atoms with Crippen molar-refractivity contribution in [1.82, 2.24) is 0 Å². The van der Waals surface area contributed by atoms with Crippen LogP contribution in [-0.2, 0) is 22.8 Å². The Balaban J connectivity index is 3.74. The maximum absolute atomic E-state index is 11.0. The molecular formula is C10H21O5Si. The molecule has 0 bridgehead atoms. The van der Waals surface area contributed by atoms with Crippen LogP contribution in [0.25, 0.3) is 0 Å². The molecule has 0 rings (SSSR count). The molecule has 16 heavy (non-hydrogen) atoms. The van der Waals surface area contributed by atoms with E-state index in [0.717, 1.165) is 0 Å². The van der Waals surface area contributed by atoms with E-state index >= 15 is 0 Å². The number of hydrogen-bond donors (Lipinski definition) is 0. The first-order valence-corrected chi connectivity index (χ1v) is 7.22. The molecule has 0 spiro atoms. The average Bonchev–Trinajstić information content (AvgIpc) is 2.31. The molecule has 0 aromatic heterocycles. The quantitative estimate of drug-likeness (QED) is 0.351. The van der Waals surface area contributed by atoms with E-state index in [2.05, 4.69) is 0 Å². The van der Waals surface area contributed by atoms with Gasteiger partial charge in [-0.25, -0.2) is 0 Å². The summed E-state index contributed by atoms with van der Waals surface area (Å²) in [4.78, 5) is 11.0. The molecule has 0 aliphatic carbocycles. The molecule has 0 atom stereocenters. The topological polar surface area (TPSA) is 54.0 Å². The Morgan fingerprint density at radius 1 is 1.19 bits per heavy atom. The van der Waals surface area contributed by atoms with Crippen LogP contribution in [0, 0.1) is 6.42 Å². The summed E-state index contributed by atoms with van der Waals surface area (Å²) >= 11 is 0. The highest BCUT2D eigenvalue weighted by atomic mass is 28.4. The van der Waals surface area contributed by atoms with Crippen LogP contribution in [0.3, 0.4) is 0 Å². The standard InChI is InChI=1S/C10H21O5Si/c1-5-7-10(11)15-8-6-9-16(12-2,13-3)14-4/h7H,5-6,8-9H2,1-4H3. The minimum atomic E-state index is -2.51. The van der Waals surface area contributed by atoms with E-state index in [1.165, 1.54) is 6.42 Å². The highest BCUT2D eigenvalue weighted by molar-refractivity contribution is 6.60. The molecule has 0 N–H and O–H groups in total. The molecule has 0 heterocycles. The Kier molecular flexibility index (Phi) is 8.45. The normalized spacial score (nSPS) is 11.5. The van der Waals surface area contributed by atoms with E-state index in [-0.39, 0.29) is 5.97 Å².